The molecule has 0 spiro atoms. The number of anilines is 1. The van der Waals surface area contributed by atoms with Crippen molar-refractivity contribution in [2.75, 3.05) is 11.9 Å². The Kier molecular flexibility index (Phi) is 5.96. The minimum absolute atomic E-state index is 0.125. The van der Waals surface area contributed by atoms with Gasteiger partial charge in [-0.2, -0.15) is 5.26 Å². The Morgan fingerprint density at radius 1 is 1.25 bits per heavy atom. The molecular weight excluding hydrogens is 346 g/mol. The fraction of sp³-hybridized carbons (Fsp3) is 0.235. The maximum Gasteiger partial charge on any atom is 0.251 e. The number of hydrogen-bond donors (Lipinski definition) is 2. The van der Waals surface area contributed by atoms with E-state index in [-0.39, 0.29) is 24.8 Å². The van der Waals surface area contributed by atoms with E-state index in [1.165, 1.54) is 11.3 Å². The van der Waals surface area contributed by atoms with E-state index in [4.69, 9.17) is 16.9 Å². The molecule has 0 aliphatic carbocycles. The maximum absolute atomic E-state index is 12.0. The molecule has 1 aromatic carbocycles. The Hall–Kier alpha value is -2.36. The van der Waals surface area contributed by atoms with Gasteiger partial charge in [0.1, 0.15) is 11.1 Å². The second-order valence-electron chi connectivity index (χ2n) is 5.16. The van der Waals surface area contributed by atoms with E-state index in [0.717, 1.165) is 10.4 Å². The average Bonchev–Trinajstić information content (AvgIpc) is 2.81. The SMILES string of the molecule is Cc1sc(NC(=O)CCNC(=O)c2ccc(Cl)cc2)c(C#N)c1C. The second kappa shape index (κ2) is 7.95. The van der Waals surface area contributed by atoms with Crippen LogP contribution in [0.4, 0.5) is 5.00 Å². The number of thiophene rings is 1. The van der Waals surface area contributed by atoms with Crippen LogP contribution < -0.4 is 10.6 Å². The molecule has 0 fully saturated rings. The number of aryl methyl sites for hydroxylation is 1. The number of nitrogens with zero attached hydrogens (tertiary/aromatic N) is 1. The molecule has 2 N–H and O–H groups in total. The van der Waals surface area contributed by atoms with Crippen LogP contribution >= 0.6 is 22.9 Å². The van der Waals surface area contributed by atoms with Gasteiger partial charge in [-0.1, -0.05) is 11.6 Å². The van der Waals surface area contributed by atoms with E-state index in [2.05, 4.69) is 16.7 Å². The molecule has 2 aromatic rings. The summed E-state index contributed by atoms with van der Waals surface area (Å²) in [4.78, 5) is 24.9. The number of halogens is 1. The van der Waals surface area contributed by atoms with Crippen molar-refractivity contribution < 1.29 is 9.59 Å². The molecule has 24 heavy (non-hydrogen) atoms. The molecule has 2 amide bonds. The highest BCUT2D eigenvalue weighted by Crippen LogP contribution is 2.31. The molecule has 0 radical (unpaired) electrons. The third-order valence-electron chi connectivity index (χ3n) is 3.49. The third-order valence-corrected chi connectivity index (χ3v) is 4.87. The first kappa shape index (κ1) is 18.0. The fourth-order valence-electron chi connectivity index (χ4n) is 2.03. The van der Waals surface area contributed by atoms with Crippen molar-refractivity contribution in [3.63, 3.8) is 0 Å². The normalized spacial score (nSPS) is 10.1. The van der Waals surface area contributed by atoms with Gasteiger partial charge in [0.2, 0.25) is 5.91 Å². The molecule has 124 valence electrons. The average molecular weight is 362 g/mol. The summed E-state index contributed by atoms with van der Waals surface area (Å²) in [5.74, 6) is -0.510. The van der Waals surface area contributed by atoms with E-state index in [9.17, 15) is 9.59 Å². The Morgan fingerprint density at radius 2 is 1.92 bits per heavy atom. The van der Waals surface area contributed by atoms with Gasteiger partial charge in [0.25, 0.3) is 5.91 Å². The summed E-state index contributed by atoms with van der Waals surface area (Å²) in [6.45, 7) is 3.97. The molecule has 2 rings (SSSR count). The minimum atomic E-state index is -0.264. The number of nitriles is 1. The zero-order chi connectivity index (χ0) is 17.7. The maximum atomic E-state index is 12.0. The topological polar surface area (TPSA) is 82.0 Å². The van der Waals surface area contributed by atoms with Crippen LogP contribution in [0.5, 0.6) is 0 Å². The first-order valence-electron chi connectivity index (χ1n) is 7.26. The Balaban J connectivity index is 1.86. The standard InChI is InChI=1S/C17H16ClN3O2S/c1-10-11(2)24-17(14(10)9-19)21-15(22)7-8-20-16(23)12-3-5-13(18)6-4-12/h3-6H,7-8H2,1-2H3,(H,20,23)(H,21,22). The zero-order valence-corrected chi connectivity index (χ0v) is 14.8. The molecular formula is C17H16ClN3O2S. The van der Waals surface area contributed by atoms with Crippen LogP contribution in [-0.2, 0) is 4.79 Å². The Bertz CT molecular complexity index is 806. The van der Waals surface area contributed by atoms with Crippen molar-refractivity contribution in [3.05, 3.63) is 50.9 Å². The van der Waals surface area contributed by atoms with Gasteiger partial charge in [-0.3, -0.25) is 9.59 Å². The molecule has 0 aliphatic heterocycles. The number of benzene rings is 1. The van der Waals surface area contributed by atoms with Gasteiger partial charge in [-0.05, 0) is 43.7 Å². The molecule has 0 saturated heterocycles. The van der Waals surface area contributed by atoms with Gasteiger partial charge in [0.05, 0.1) is 5.56 Å². The first-order chi connectivity index (χ1) is 11.4. The van der Waals surface area contributed by atoms with Crippen LogP contribution in [0.1, 0.15) is 32.8 Å². The van der Waals surface area contributed by atoms with Gasteiger partial charge < -0.3 is 10.6 Å². The van der Waals surface area contributed by atoms with Gasteiger partial charge in [0, 0.05) is 28.4 Å². The van der Waals surface area contributed by atoms with Crippen LogP contribution in [0.25, 0.3) is 0 Å². The lowest BCUT2D eigenvalue weighted by Crippen LogP contribution is -2.27. The van der Waals surface area contributed by atoms with Crippen molar-refractivity contribution >= 4 is 39.8 Å². The third kappa shape index (κ3) is 4.34. The number of rotatable bonds is 5. The summed E-state index contributed by atoms with van der Waals surface area (Å²) in [6.07, 6.45) is 0.125. The van der Waals surface area contributed by atoms with Crippen LogP contribution in [0.15, 0.2) is 24.3 Å². The van der Waals surface area contributed by atoms with Gasteiger partial charge in [0.15, 0.2) is 0 Å². The summed E-state index contributed by atoms with van der Waals surface area (Å²) in [7, 11) is 0. The summed E-state index contributed by atoms with van der Waals surface area (Å²) >= 11 is 7.15. The molecule has 1 heterocycles. The van der Waals surface area contributed by atoms with E-state index < -0.39 is 0 Å². The molecule has 0 aliphatic rings. The molecule has 0 saturated carbocycles. The number of hydrogen-bond acceptors (Lipinski definition) is 4. The van der Waals surface area contributed by atoms with Crippen LogP contribution in [0, 0.1) is 25.2 Å². The van der Waals surface area contributed by atoms with Gasteiger partial charge in [-0.25, -0.2) is 0 Å². The molecule has 1 aromatic heterocycles. The summed E-state index contributed by atoms with van der Waals surface area (Å²) in [5.41, 5.74) is 1.86. The second-order valence-corrected chi connectivity index (χ2v) is 6.82. The quantitative estimate of drug-likeness (QED) is 0.852. The summed E-state index contributed by atoms with van der Waals surface area (Å²) < 4.78 is 0. The van der Waals surface area contributed by atoms with Crippen molar-refractivity contribution in [2.24, 2.45) is 0 Å². The highest BCUT2D eigenvalue weighted by Gasteiger charge is 2.14. The Morgan fingerprint density at radius 3 is 2.54 bits per heavy atom. The highest BCUT2D eigenvalue weighted by molar-refractivity contribution is 7.16. The van der Waals surface area contributed by atoms with Crippen molar-refractivity contribution in [3.8, 4) is 6.07 Å². The Labute approximate surface area is 149 Å². The van der Waals surface area contributed by atoms with Crippen molar-refractivity contribution in [1.82, 2.24) is 5.32 Å². The number of carbonyl (C=O) groups is 2. The first-order valence-corrected chi connectivity index (χ1v) is 8.45. The lowest BCUT2D eigenvalue weighted by atomic mass is 10.2. The monoisotopic (exact) mass is 361 g/mol. The molecule has 5 nitrogen and oxygen atoms in total. The fourth-order valence-corrected chi connectivity index (χ4v) is 3.18. The highest BCUT2D eigenvalue weighted by atomic mass is 35.5. The predicted molar refractivity (Wildman–Crippen MR) is 95.5 cm³/mol. The van der Waals surface area contributed by atoms with Crippen molar-refractivity contribution in [2.45, 2.75) is 20.3 Å². The largest absolute Gasteiger partial charge is 0.352 e. The minimum Gasteiger partial charge on any atom is -0.352 e. The smallest absolute Gasteiger partial charge is 0.251 e. The number of nitrogens with one attached hydrogen (secondary N) is 2. The van der Waals surface area contributed by atoms with Crippen LogP contribution in [0.3, 0.4) is 0 Å². The van der Waals surface area contributed by atoms with Crippen LogP contribution in [-0.4, -0.2) is 18.4 Å². The molecule has 0 atom stereocenters. The lowest BCUT2D eigenvalue weighted by Gasteiger charge is -2.06. The lowest BCUT2D eigenvalue weighted by molar-refractivity contribution is -0.116. The van der Waals surface area contributed by atoms with Crippen molar-refractivity contribution in [1.29, 1.82) is 5.26 Å². The van der Waals surface area contributed by atoms with E-state index in [1.807, 2.05) is 13.8 Å². The van der Waals surface area contributed by atoms with E-state index >= 15 is 0 Å². The number of amides is 2. The zero-order valence-electron chi connectivity index (χ0n) is 13.3. The number of carbonyl (C=O) groups excluding carboxylic acids is 2. The van der Waals surface area contributed by atoms with Gasteiger partial charge >= 0.3 is 0 Å². The molecule has 0 bridgehead atoms. The summed E-state index contributed by atoms with van der Waals surface area (Å²) in [5, 5.41) is 15.7. The summed E-state index contributed by atoms with van der Waals surface area (Å²) in [6, 6.07) is 8.61. The van der Waals surface area contributed by atoms with Gasteiger partial charge in [-0.15, -0.1) is 11.3 Å². The predicted octanol–water partition coefficient (Wildman–Crippen LogP) is 3.65. The molecule has 7 heteroatoms. The molecule has 0 unspecified atom stereocenters. The van der Waals surface area contributed by atoms with Crippen LogP contribution in [0.2, 0.25) is 5.02 Å². The van der Waals surface area contributed by atoms with E-state index in [0.29, 0.717) is 21.2 Å². The van der Waals surface area contributed by atoms with E-state index in [1.54, 1.807) is 24.3 Å².